The summed E-state index contributed by atoms with van der Waals surface area (Å²) in [5, 5.41) is 12.8. The van der Waals surface area contributed by atoms with Gasteiger partial charge in [-0.25, -0.2) is 0 Å². The van der Waals surface area contributed by atoms with Crippen LogP contribution in [-0.2, 0) is 4.74 Å². The molecule has 2 N–H and O–H groups in total. The van der Waals surface area contributed by atoms with E-state index in [0.29, 0.717) is 6.61 Å². The Kier molecular flexibility index (Phi) is 7.20. The van der Waals surface area contributed by atoms with E-state index in [2.05, 4.69) is 33.0 Å². The van der Waals surface area contributed by atoms with Crippen LogP contribution in [0.4, 0.5) is 0 Å². The van der Waals surface area contributed by atoms with Crippen molar-refractivity contribution in [1.82, 2.24) is 5.32 Å². The summed E-state index contributed by atoms with van der Waals surface area (Å²) in [6, 6.07) is 0. The zero-order chi connectivity index (χ0) is 12.7. The highest BCUT2D eigenvalue weighted by Crippen LogP contribution is 2.16. The van der Waals surface area contributed by atoms with Crippen molar-refractivity contribution in [2.75, 3.05) is 19.8 Å². The average molecular weight is 231 g/mol. The van der Waals surface area contributed by atoms with Crippen LogP contribution in [0.1, 0.15) is 53.9 Å². The smallest absolute Gasteiger partial charge is 0.0623 e. The molecule has 0 saturated heterocycles. The second-order valence-corrected chi connectivity index (χ2v) is 5.36. The van der Waals surface area contributed by atoms with E-state index in [9.17, 15) is 5.11 Å². The minimum Gasteiger partial charge on any atom is -0.394 e. The van der Waals surface area contributed by atoms with Gasteiger partial charge in [-0.1, -0.05) is 13.8 Å². The van der Waals surface area contributed by atoms with Gasteiger partial charge in [0, 0.05) is 12.1 Å². The van der Waals surface area contributed by atoms with E-state index in [1.54, 1.807) is 0 Å². The quantitative estimate of drug-likeness (QED) is 0.640. The van der Waals surface area contributed by atoms with Crippen molar-refractivity contribution in [2.45, 2.75) is 65.0 Å². The summed E-state index contributed by atoms with van der Waals surface area (Å²) in [4.78, 5) is 0. The normalized spacial score (nSPS) is 16.1. The van der Waals surface area contributed by atoms with Gasteiger partial charge in [0.25, 0.3) is 0 Å². The third kappa shape index (κ3) is 6.46. The Bertz CT molecular complexity index is 183. The lowest BCUT2D eigenvalue weighted by Crippen LogP contribution is -2.47. The van der Waals surface area contributed by atoms with Crippen molar-refractivity contribution in [1.29, 1.82) is 0 Å². The van der Waals surface area contributed by atoms with Gasteiger partial charge in [0.2, 0.25) is 0 Å². The van der Waals surface area contributed by atoms with E-state index in [1.807, 2.05) is 6.92 Å². The first-order valence-corrected chi connectivity index (χ1v) is 6.39. The summed E-state index contributed by atoms with van der Waals surface area (Å²) in [7, 11) is 0. The van der Waals surface area contributed by atoms with Crippen molar-refractivity contribution in [3.05, 3.63) is 0 Å². The standard InChI is InChI=1S/C13H29NO2/c1-6-9-14-13(5,11-15)8-10-16-12(3,4)7-2/h14-15H,6-11H2,1-5H3. The van der Waals surface area contributed by atoms with Gasteiger partial charge in [-0.3, -0.25) is 0 Å². The number of ether oxygens (including phenoxy) is 1. The topological polar surface area (TPSA) is 41.5 Å². The Balaban J connectivity index is 3.94. The van der Waals surface area contributed by atoms with Crippen LogP contribution in [0, 0.1) is 0 Å². The molecule has 0 fully saturated rings. The second-order valence-electron chi connectivity index (χ2n) is 5.36. The number of hydrogen-bond donors (Lipinski definition) is 2. The first-order valence-electron chi connectivity index (χ1n) is 6.39. The summed E-state index contributed by atoms with van der Waals surface area (Å²) in [5.41, 5.74) is -0.263. The lowest BCUT2D eigenvalue weighted by molar-refractivity contribution is -0.0319. The lowest BCUT2D eigenvalue weighted by atomic mass is 9.99. The molecule has 3 nitrogen and oxygen atoms in total. The third-order valence-electron chi connectivity index (χ3n) is 3.15. The van der Waals surface area contributed by atoms with Gasteiger partial charge in [-0.2, -0.15) is 0 Å². The minimum atomic E-state index is -0.209. The molecule has 0 radical (unpaired) electrons. The molecule has 0 aromatic carbocycles. The molecule has 3 heteroatoms. The first kappa shape index (κ1) is 15.9. The van der Waals surface area contributed by atoms with Crippen LogP contribution in [0.15, 0.2) is 0 Å². The van der Waals surface area contributed by atoms with Crippen molar-refractivity contribution < 1.29 is 9.84 Å². The van der Waals surface area contributed by atoms with Gasteiger partial charge in [0.1, 0.15) is 0 Å². The van der Waals surface area contributed by atoms with Gasteiger partial charge in [0.15, 0.2) is 0 Å². The van der Waals surface area contributed by atoms with E-state index in [-0.39, 0.29) is 17.7 Å². The van der Waals surface area contributed by atoms with Gasteiger partial charge >= 0.3 is 0 Å². The van der Waals surface area contributed by atoms with E-state index < -0.39 is 0 Å². The molecule has 0 heterocycles. The maximum atomic E-state index is 9.38. The Morgan fingerprint density at radius 3 is 2.25 bits per heavy atom. The fourth-order valence-corrected chi connectivity index (χ4v) is 1.30. The first-order chi connectivity index (χ1) is 7.39. The fraction of sp³-hybridized carbons (Fsp3) is 1.00. The summed E-state index contributed by atoms with van der Waals surface area (Å²) in [6.45, 7) is 12.3. The molecular weight excluding hydrogens is 202 g/mol. The van der Waals surface area contributed by atoms with Crippen LogP contribution in [0.3, 0.4) is 0 Å². The SMILES string of the molecule is CCCNC(C)(CO)CCOC(C)(C)CC. The number of aliphatic hydroxyl groups is 1. The van der Waals surface area contributed by atoms with E-state index in [0.717, 1.165) is 25.8 Å². The molecule has 0 aliphatic carbocycles. The molecule has 0 aliphatic heterocycles. The largest absolute Gasteiger partial charge is 0.394 e. The highest BCUT2D eigenvalue weighted by Gasteiger charge is 2.23. The van der Waals surface area contributed by atoms with Crippen LogP contribution in [0.25, 0.3) is 0 Å². The molecule has 0 aliphatic rings. The summed E-state index contributed by atoms with van der Waals surface area (Å²) >= 11 is 0. The van der Waals surface area contributed by atoms with E-state index >= 15 is 0 Å². The highest BCUT2D eigenvalue weighted by molar-refractivity contribution is 4.82. The van der Waals surface area contributed by atoms with Crippen LogP contribution < -0.4 is 5.32 Å². The molecule has 0 aromatic rings. The Hall–Kier alpha value is -0.120. The minimum absolute atomic E-state index is 0.0544. The van der Waals surface area contributed by atoms with Crippen molar-refractivity contribution in [3.8, 4) is 0 Å². The third-order valence-corrected chi connectivity index (χ3v) is 3.15. The number of rotatable bonds is 9. The molecule has 0 rings (SSSR count). The zero-order valence-corrected chi connectivity index (χ0v) is 11.6. The number of aliphatic hydroxyl groups excluding tert-OH is 1. The highest BCUT2D eigenvalue weighted by atomic mass is 16.5. The Morgan fingerprint density at radius 2 is 1.81 bits per heavy atom. The molecule has 1 atom stereocenters. The monoisotopic (exact) mass is 231 g/mol. The van der Waals surface area contributed by atoms with E-state index in [4.69, 9.17) is 4.74 Å². The van der Waals surface area contributed by atoms with Crippen molar-refractivity contribution >= 4 is 0 Å². The molecule has 1 unspecified atom stereocenters. The van der Waals surface area contributed by atoms with Crippen LogP contribution in [-0.4, -0.2) is 36.0 Å². The molecule has 0 amide bonds. The number of hydrogen-bond acceptors (Lipinski definition) is 3. The maximum absolute atomic E-state index is 9.38. The second kappa shape index (κ2) is 7.25. The van der Waals surface area contributed by atoms with Gasteiger partial charge in [0.05, 0.1) is 12.2 Å². The maximum Gasteiger partial charge on any atom is 0.0623 e. The van der Waals surface area contributed by atoms with Gasteiger partial charge < -0.3 is 15.2 Å². The number of nitrogens with one attached hydrogen (secondary N) is 1. The summed E-state index contributed by atoms with van der Waals surface area (Å²) in [5.74, 6) is 0. The summed E-state index contributed by atoms with van der Waals surface area (Å²) < 4.78 is 5.81. The molecular formula is C13H29NO2. The summed E-state index contributed by atoms with van der Waals surface area (Å²) in [6.07, 6.45) is 2.93. The molecule has 98 valence electrons. The van der Waals surface area contributed by atoms with Gasteiger partial charge in [-0.15, -0.1) is 0 Å². The van der Waals surface area contributed by atoms with Crippen LogP contribution in [0.5, 0.6) is 0 Å². The van der Waals surface area contributed by atoms with E-state index in [1.165, 1.54) is 0 Å². The predicted molar refractivity (Wildman–Crippen MR) is 68.7 cm³/mol. The predicted octanol–water partition coefficient (Wildman–Crippen LogP) is 2.33. The molecule has 0 bridgehead atoms. The Morgan fingerprint density at radius 1 is 1.19 bits per heavy atom. The van der Waals surface area contributed by atoms with Gasteiger partial charge in [-0.05, 0) is 46.6 Å². The Labute approximate surface area is 101 Å². The lowest BCUT2D eigenvalue weighted by Gasteiger charge is -2.31. The van der Waals surface area contributed by atoms with Crippen molar-refractivity contribution in [3.63, 3.8) is 0 Å². The fourth-order valence-electron chi connectivity index (χ4n) is 1.30. The molecule has 0 aromatic heterocycles. The zero-order valence-electron chi connectivity index (χ0n) is 11.6. The molecule has 16 heavy (non-hydrogen) atoms. The van der Waals surface area contributed by atoms with Crippen LogP contribution >= 0.6 is 0 Å². The van der Waals surface area contributed by atoms with Crippen LogP contribution in [0.2, 0.25) is 0 Å². The average Bonchev–Trinajstić information content (AvgIpc) is 2.26. The van der Waals surface area contributed by atoms with Crippen molar-refractivity contribution in [2.24, 2.45) is 0 Å². The molecule has 0 saturated carbocycles. The molecule has 0 spiro atoms.